The fraction of sp³-hybridized carbons (Fsp3) is 0.400. The molecule has 2 aromatic carbocycles. The van der Waals surface area contributed by atoms with Crippen LogP contribution in [0.25, 0.3) is 4.91 Å². The second-order valence-corrected chi connectivity index (χ2v) is 10.2. The zero-order chi connectivity index (χ0) is 22.6. The van der Waals surface area contributed by atoms with Crippen molar-refractivity contribution < 1.29 is 8.42 Å². The molecule has 0 aliphatic carbocycles. The van der Waals surface area contributed by atoms with E-state index >= 15 is 0 Å². The largest absolute Gasteiger partial charge is 0.301 e. The van der Waals surface area contributed by atoms with Crippen molar-refractivity contribution in [3.8, 4) is 0 Å². The first-order valence-corrected chi connectivity index (χ1v) is 12.7. The van der Waals surface area contributed by atoms with Crippen LogP contribution in [0.2, 0.25) is 0 Å². The smallest absolute Gasteiger partial charge is 0.264 e. The molecule has 0 amide bonds. The molecular weight excluding hydrogens is 420 g/mol. The van der Waals surface area contributed by atoms with Crippen LogP contribution in [-0.2, 0) is 16.6 Å². The van der Waals surface area contributed by atoms with Gasteiger partial charge in [-0.2, -0.15) is 0 Å². The van der Waals surface area contributed by atoms with E-state index < -0.39 is 10.0 Å². The molecule has 1 saturated heterocycles. The lowest BCUT2D eigenvalue weighted by molar-refractivity contribution is 0.127. The highest BCUT2D eigenvalue weighted by Gasteiger charge is 2.32. The maximum atomic E-state index is 12.6. The van der Waals surface area contributed by atoms with Crippen LogP contribution in [-0.4, -0.2) is 63.3 Å². The molecule has 2 aliphatic heterocycles. The Hall–Kier alpha value is -2.48. The van der Waals surface area contributed by atoms with Gasteiger partial charge in [0.1, 0.15) is 10.7 Å². The van der Waals surface area contributed by atoms with E-state index in [4.69, 9.17) is 0 Å². The zero-order valence-corrected chi connectivity index (χ0v) is 19.7. The lowest BCUT2D eigenvalue weighted by Crippen LogP contribution is -2.46. The molecule has 0 saturated carbocycles. The number of sulfonamides is 1. The standard InChI is InChI=1S/C25H32N4O2S/c1-20-9-11-23(12-10-20)24-21(2)25(27-32(24,30)31)26-13-6-14-28-15-17-29(18-16-28)19-22-7-4-3-5-8-22/h3-5,7-12H,6,13-19H2,1-2H3,(H,26,27). The van der Waals surface area contributed by atoms with E-state index in [2.05, 4.69) is 49.8 Å². The van der Waals surface area contributed by atoms with Crippen LogP contribution in [0.1, 0.15) is 30.0 Å². The summed E-state index contributed by atoms with van der Waals surface area (Å²) < 4.78 is 27.9. The lowest BCUT2D eigenvalue weighted by Gasteiger charge is -2.34. The molecule has 0 unspecified atom stereocenters. The van der Waals surface area contributed by atoms with E-state index in [0.29, 0.717) is 28.4 Å². The van der Waals surface area contributed by atoms with E-state index in [1.54, 1.807) is 0 Å². The quantitative estimate of drug-likeness (QED) is 0.655. The molecule has 7 heteroatoms. The number of hydrogen-bond donors (Lipinski definition) is 1. The SMILES string of the molecule is CC1=C(c2ccc(C)cc2)S(=O)(=O)NC1=NCCCN1CCN(Cc2ccccc2)CC1. The van der Waals surface area contributed by atoms with Crippen molar-refractivity contribution in [3.63, 3.8) is 0 Å². The third-order valence-corrected chi connectivity index (χ3v) is 7.67. The number of rotatable bonds is 7. The Morgan fingerprint density at radius 2 is 1.56 bits per heavy atom. The van der Waals surface area contributed by atoms with Crippen LogP contribution in [0.3, 0.4) is 0 Å². The summed E-state index contributed by atoms with van der Waals surface area (Å²) in [7, 11) is -3.56. The van der Waals surface area contributed by atoms with Crippen LogP contribution in [0.5, 0.6) is 0 Å². The van der Waals surface area contributed by atoms with E-state index in [9.17, 15) is 8.42 Å². The van der Waals surface area contributed by atoms with Gasteiger partial charge in [-0.25, -0.2) is 8.42 Å². The molecule has 32 heavy (non-hydrogen) atoms. The summed E-state index contributed by atoms with van der Waals surface area (Å²) in [5.74, 6) is 0.480. The van der Waals surface area contributed by atoms with Crippen molar-refractivity contribution in [1.82, 2.24) is 14.5 Å². The molecular formula is C25H32N4O2S. The zero-order valence-electron chi connectivity index (χ0n) is 18.9. The number of aryl methyl sites for hydroxylation is 1. The van der Waals surface area contributed by atoms with E-state index in [0.717, 1.165) is 51.3 Å². The van der Waals surface area contributed by atoms with Gasteiger partial charge in [-0.15, -0.1) is 0 Å². The van der Waals surface area contributed by atoms with Gasteiger partial charge in [-0.3, -0.25) is 14.6 Å². The molecule has 6 nitrogen and oxygen atoms in total. The summed E-state index contributed by atoms with van der Waals surface area (Å²) in [6, 6.07) is 18.2. The van der Waals surface area contributed by atoms with Gasteiger partial charge < -0.3 is 4.90 Å². The molecule has 2 heterocycles. The highest BCUT2D eigenvalue weighted by molar-refractivity contribution is 8.00. The minimum atomic E-state index is -3.56. The molecule has 0 atom stereocenters. The van der Waals surface area contributed by atoms with Gasteiger partial charge in [0.2, 0.25) is 0 Å². The lowest BCUT2D eigenvalue weighted by atomic mass is 10.1. The third kappa shape index (κ3) is 5.46. The van der Waals surface area contributed by atoms with Gasteiger partial charge in [0, 0.05) is 44.8 Å². The summed E-state index contributed by atoms with van der Waals surface area (Å²) in [4.78, 5) is 9.89. The van der Waals surface area contributed by atoms with Crippen molar-refractivity contribution in [2.24, 2.45) is 4.99 Å². The van der Waals surface area contributed by atoms with E-state index in [1.807, 2.05) is 38.1 Å². The second kappa shape index (κ2) is 9.98. The first kappa shape index (κ1) is 22.7. The second-order valence-electron chi connectivity index (χ2n) is 8.61. The molecule has 1 fully saturated rings. The summed E-state index contributed by atoms with van der Waals surface area (Å²) in [5, 5.41) is 0. The Labute approximate surface area is 191 Å². The van der Waals surface area contributed by atoms with Crippen LogP contribution in [0, 0.1) is 6.92 Å². The van der Waals surface area contributed by atoms with Crippen LogP contribution in [0.15, 0.2) is 65.2 Å². The van der Waals surface area contributed by atoms with Crippen molar-refractivity contribution in [1.29, 1.82) is 0 Å². The Morgan fingerprint density at radius 1 is 0.906 bits per heavy atom. The number of hydrogen-bond acceptors (Lipinski definition) is 5. The van der Waals surface area contributed by atoms with Gasteiger partial charge in [0.25, 0.3) is 10.0 Å². The Balaban J connectivity index is 1.27. The summed E-state index contributed by atoms with van der Waals surface area (Å²) in [6.45, 7) is 10.7. The minimum Gasteiger partial charge on any atom is -0.301 e. The molecule has 170 valence electrons. The number of nitrogens with one attached hydrogen (secondary N) is 1. The number of nitrogens with zero attached hydrogens (tertiary/aromatic N) is 3. The van der Waals surface area contributed by atoms with E-state index in [-0.39, 0.29) is 0 Å². The number of aliphatic imine (C=N–C) groups is 1. The molecule has 2 aromatic rings. The average molecular weight is 453 g/mol. The Kier molecular flexibility index (Phi) is 7.08. The molecule has 0 spiro atoms. The van der Waals surface area contributed by atoms with Gasteiger partial charge >= 0.3 is 0 Å². The van der Waals surface area contributed by atoms with Gasteiger partial charge in [0.15, 0.2) is 0 Å². The molecule has 2 aliphatic rings. The number of benzene rings is 2. The average Bonchev–Trinajstić information content (AvgIpc) is 3.02. The fourth-order valence-corrected chi connectivity index (χ4v) is 5.81. The molecule has 0 bridgehead atoms. The maximum Gasteiger partial charge on any atom is 0.264 e. The highest BCUT2D eigenvalue weighted by Crippen LogP contribution is 2.29. The van der Waals surface area contributed by atoms with Crippen LogP contribution < -0.4 is 4.72 Å². The van der Waals surface area contributed by atoms with Crippen LogP contribution in [0.4, 0.5) is 0 Å². The molecule has 0 aromatic heterocycles. The summed E-state index contributed by atoms with van der Waals surface area (Å²) in [5.41, 5.74) is 3.87. The number of amidine groups is 1. The monoisotopic (exact) mass is 452 g/mol. The first-order chi connectivity index (χ1) is 15.4. The predicted molar refractivity (Wildman–Crippen MR) is 131 cm³/mol. The van der Waals surface area contributed by atoms with Crippen LogP contribution >= 0.6 is 0 Å². The molecule has 1 N–H and O–H groups in total. The summed E-state index contributed by atoms with van der Waals surface area (Å²) >= 11 is 0. The molecule has 4 rings (SSSR count). The molecule has 0 radical (unpaired) electrons. The minimum absolute atomic E-state index is 0.339. The normalized spacial score (nSPS) is 20.6. The topological polar surface area (TPSA) is 65.0 Å². The maximum absolute atomic E-state index is 12.6. The van der Waals surface area contributed by atoms with Gasteiger partial charge in [0.05, 0.1) is 0 Å². The first-order valence-electron chi connectivity index (χ1n) is 11.3. The highest BCUT2D eigenvalue weighted by atomic mass is 32.2. The van der Waals surface area contributed by atoms with Crippen molar-refractivity contribution in [3.05, 3.63) is 76.9 Å². The van der Waals surface area contributed by atoms with Crippen molar-refractivity contribution in [2.45, 2.75) is 26.8 Å². The van der Waals surface area contributed by atoms with Crippen molar-refractivity contribution >= 4 is 20.8 Å². The fourth-order valence-electron chi connectivity index (χ4n) is 4.29. The van der Waals surface area contributed by atoms with Gasteiger partial charge in [-0.1, -0.05) is 60.2 Å². The Morgan fingerprint density at radius 3 is 2.25 bits per heavy atom. The van der Waals surface area contributed by atoms with Crippen molar-refractivity contribution in [2.75, 3.05) is 39.3 Å². The third-order valence-electron chi connectivity index (χ3n) is 6.13. The predicted octanol–water partition coefficient (Wildman–Crippen LogP) is 3.27. The number of piperazine rings is 1. The van der Waals surface area contributed by atoms with E-state index in [1.165, 1.54) is 5.56 Å². The van der Waals surface area contributed by atoms with Gasteiger partial charge in [-0.05, 0) is 37.9 Å². The summed E-state index contributed by atoms with van der Waals surface area (Å²) in [6.07, 6.45) is 0.914. The Bertz CT molecular complexity index is 1080.